The third kappa shape index (κ3) is 2.98. The van der Waals surface area contributed by atoms with Gasteiger partial charge in [0.25, 0.3) is 0 Å². The smallest absolute Gasteiger partial charge is 0.228 e. The van der Waals surface area contributed by atoms with Crippen molar-refractivity contribution in [1.82, 2.24) is 5.32 Å². The Morgan fingerprint density at radius 3 is 2.65 bits per heavy atom. The molecule has 1 aliphatic carbocycles. The van der Waals surface area contributed by atoms with Gasteiger partial charge in [-0.1, -0.05) is 42.8 Å². The molecule has 1 fully saturated rings. The fourth-order valence-corrected chi connectivity index (χ4v) is 4.01. The van der Waals surface area contributed by atoms with E-state index in [1.165, 1.54) is 17.7 Å². The maximum atomic E-state index is 13.4. The third-order valence-electron chi connectivity index (χ3n) is 5.67. The van der Waals surface area contributed by atoms with Crippen molar-refractivity contribution in [2.45, 2.75) is 37.0 Å². The second-order valence-electron chi connectivity index (χ2n) is 7.25. The number of fused-ring (bicyclic) bond motifs is 1. The second-order valence-corrected chi connectivity index (χ2v) is 7.25. The lowest BCUT2D eigenvalue weighted by atomic mass is 9.64. The van der Waals surface area contributed by atoms with Crippen molar-refractivity contribution in [2.75, 3.05) is 11.9 Å². The van der Waals surface area contributed by atoms with Crippen LogP contribution in [0.2, 0.25) is 0 Å². The molecule has 0 bridgehead atoms. The van der Waals surface area contributed by atoms with Crippen LogP contribution in [-0.4, -0.2) is 18.4 Å². The number of hydrogen-bond donors (Lipinski definition) is 2. The summed E-state index contributed by atoms with van der Waals surface area (Å²) in [4.78, 5) is 24.8. The molecule has 2 aromatic carbocycles. The number of amides is 2. The molecule has 0 spiro atoms. The van der Waals surface area contributed by atoms with E-state index in [1.807, 2.05) is 18.2 Å². The summed E-state index contributed by atoms with van der Waals surface area (Å²) in [7, 11) is 0. The van der Waals surface area contributed by atoms with E-state index in [1.54, 1.807) is 6.07 Å². The van der Waals surface area contributed by atoms with Gasteiger partial charge in [0.1, 0.15) is 5.82 Å². The number of hydrogen-bond acceptors (Lipinski definition) is 2. The summed E-state index contributed by atoms with van der Waals surface area (Å²) < 4.78 is 13.4. The van der Waals surface area contributed by atoms with Crippen molar-refractivity contribution in [3.8, 4) is 0 Å². The highest BCUT2D eigenvalue weighted by atomic mass is 19.1. The van der Waals surface area contributed by atoms with Crippen molar-refractivity contribution in [3.05, 3.63) is 65.5 Å². The normalized spacial score (nSPS) is 20.5. The van der Waals surface area contributed by atoms with Crippen LogP contribution in [-0.2, 0) is 15.0 Å². The van der Waals surface area contributed by atoms with Gasteiger partial charge in [0.2, 0.25) is 11.8 Å². The van der Waals surface area contributed by atoms with Crippen molar-refractivity contribution in [1.29, 1.82) is 0 Å². The van der Waals surface area contributed by atoms with E-state index in [9.17, 15) is 14.0 Å². The van der Waals surface area contributed by atoms with Gasteiger partial charge < -0.3 is 10.6 Å². The quantitative estimate of drug-likeness (QED) is 0.885. The Balaban J connectivity index is 1.51. The van der Waals surface area contributed by atoms with Crippen LogP contribution in [0.15, 0.2) is 48.5 Å². The third-order valence-corrected chi connectivity index (χ3v) is 5.67. The molecule has 0 aromatic heterocycles. The Morgan fingerprint density at radius 1 is 1.19 bits per heavy atom. The zero-order valence-corrected chi connectivity index (χ0v) is 14.4. The van der Waals surface area contributed by atoms with Gasteiger partial charge in [0, 0.05) is 24.1 Å². The maximum Gasteiger partial charge on any atom is 0.228 e. The van der Waals surface area contributed by atoms with Gasteiger partial charge in [-0.25, -0.2) is 4.39 Å². The van der Waals surface area contributed by atoms with E-state index in [0.717, 1.165) is 19.3 Å². The summed E-state index contributed by atoms with van der Waals surface area (Å²) in [5.74, 6) is -1.44. The van der Waals surface area contributed by atoms with Crippen LogP contribution < -0.4 is 10.6 Å². The van der Waals surface area contributed by atoms with E-state index in [-0.39, 0.29) is 23.7 Å². The van der Waals surface area contributed by atoms with Gasteiger partial charge in [-0.2, -0.15) is 0 Å². The first-order valence-corrected chi connectivity index (χ1v) is 9.00. The van der Waals surface area contributed by atoms with Gasteiger partial charge in [0.15, 0.2) is 0 Å². The molecule has 2 amide bonds. The zero-order chi connectivity index (χ0) is 18.1. The van der Waals surface area contributed by atoms with Gasteiger partial charge in [0.05, 0.1) is 5.92 Å². The summed E-state index contributed by atoms with van der Waals surface area (Å²) >= 11 is 0. The van der Waals surface area contributed by atoms with Crippen molar-refractivity contribution >= 4 is 17.5 Å². The van der Waals surface area contributed by atoms with Crippen LogP contribution in [0.4, 0.5) is 10.1 Å². The number of carbonyl (C=O) groups excluding carboxylic acids is 2. The average Bonchev–Trinajstić information content (AvgIpc) is 2.60. The predicted octanol–water partition coefficient (Wildman–Crippen LogP) is 3.49. The highest BCUT2D eigenvalue weighted by Crippen LogP contribution is 2.43. The summed E-state index contributed by atoms with van der Waals surface area (Å²) in [6.45, 7) is 0.560. The van der Waals surface area contributed by atoms with E-state index in [4.69, 9.17) is 0 Å². The number of carbonyl (C=O) groups is 2. The van der Waals surface area contributed by atoms with E-state index >= 15 is 0 Å². The number of anilines is 1. The largest absolute Gasteiger partial charge is 0.355 e. The van der Waals surface area contributed by atoms with Crippen LogP contribution in [0.1, 0.15) is 42.7 Å². The number of benzene rings is 2. The van der Waals surface area contributed by atoms with Crippen molar-refractivity contribution in [2.24, 2.45) is 0 Å². The molecule has 0 saturated heterocycles. The minimum absolute atomic E-state index is 0.0144. The first kappa shape index (κ1) is 16.8. The molecule has 26 heavy (non-hydrogen) atoms. The monoisotopic (exact) mass is 352 g/mol. The summed E-state index contributed by atoms with van der Waals surface area (Å²) in [5, 5.41) is 5.70. The molecule has 4 nitrogen and oxygen atoms in total. The highest BCUT2D eigenvalue weighted by Gasteiger charge is 2.40. The summed E-state index contributed by atoms with van der Waals surface area (Å²) in [6, 6.07) is 14.4. The minimum Gasteiger partial charge on any atom is -0.355 e. The summed E-state index contributed by atoms with van der Waals surface area (Å²) in [5.41, 5.74) is 2.29. The number of rotatable bonds is 4. The Bertz CT molecular complexity index is 846. The van der Waals surface area contributed by atoms with Crippen LogP contribution >= 0.6 is 0 Å². The van der Waals surface area contributed by atoms with E-state index in [2.05, 4.69) is 22.8 Å². The molecule has 1 atom stereocenters. The Labute approximate surface area is 151 Å². The van der Waals surface area contributed by atoms with Gasteiger partial charge in [-0.3, -0.25) is 9.59 Å². The number of nitrogens with one attached hydrogen (secondary N) is 2. The lowest BCUT2D eigenvalue weighted by molar-refractivity contribution is -0.126. The lowest BCUT2D eigenvalue weighted by Crippen LogP contribution is -2.47. The van der Waals surface area contributed by atoms with Crippen molar-refractivity contribution in [3.63, 3.8) is 0 Å². The molecule has 1 saturated carbocycles. The average molecular weight is 352 g/mol. The molecular formula is C21H21FN2O2. The molecule has 2 aromatic rings. The first-order valence-electron chi connectivity index (χ1n) is 9.00. The van der Waals surface area contributed by atoms with Crippen molar-refractivity contribution < 1.29 is 14.0 Å². The highest BCUT2D eigenvalue weighted by molar-refractivity contribution is 6.01. The second kappa shape index (κ2) is 6.56. The molecule has 1 unspecified atom stereocenters. The molecular weight excluding hydrogens is 331 g/mol. The molecule has 4 rings (SSSR count). The Hall–Kier alpha value is -2.69. The molecule has 2 aliphatic rings. The minimum atomic E-state index is -0.577. The van der Waals surface area contributed by atoms with Crippen LogP contribution in [0.25, 0.3) is 0 Å². The van der Waals surface area contributed by atoms with Gasteiger partial charge in [-0.05, 0) is 36.1 Å². The molecule has 1 heterocycles. The molecule has 134 valence electrons. The summed E-state index contributed by atoms with van der Waals surface area (Å²) in [6.07, 6.45) is 3.33. The SMILES string of the molecule is O=C1CC(C(=O)NCC2(c3ccccc3)CCC2)c2ccc(F)cc2N1. The van der Waals surface area contributed by atoms with Crippen LogP contribution in [0.3, 0.4) is 0 Å². The number of halogens is 1. The van der Waals surface area contributed by atoms with Gasteiger partial charge >= 0.3 is 0 Å². The van der Waals surface area contributed by atoms with Crippen LogP contribution in [0.5, 0.6) is 0 Å². The molecule has 2 N–H and O–H groups in total. The predicted molar refractivity (Wildman–Crippen MR) is 97.4 cm³/mol. The lowest BCUT2D eigenvalue weighted by Gasteiger charge is -2.43. The Kier molecular flexibility index (Phi) is 4.23. The topological polar surface area (TPSA) is 58.2 Å². The van der Waals surface area contributed by atoms with E-state index in [0.29, 0.717) is 17.8 Å². The Morgan fingerprint density at radius 2 is 1.96 bits per heavy atom. The van der Waals surface area contributed by atoms with Crippen LogP contribution in [0, 0.1) is 5.82 Å². The van der Waals surface area contributed by atoms with E-state index < -0.39 is 11.7 Å². The fraction of sp³-hybridized carbons (Fsp3) is 0.333. The zero-order valence-electron chi connectivity index (χ0n) is 14.4. The fourth-order valence-electron chi connectivity index (χ4n) is 4.01. The maximum absolute atomic E-state index is 13.4. The standard InChI is InChI=1S/C21H21FN2O2/c22-15-7-8-16-17(12-19(25)24-18(16)11-15)20(26)23-13-21(9-4-10-21)14-5-2-1-3-6-14/h1-3,5-8,11,17H,4,9-10,12-13H2,(H,23,26)(H,24,25). The molecule has 1 aliphatic heterocycles. The molecule has 5 heteroatoms. The van der Waals surface area contributed by atoms with Gasteiger partial charge in [-0.15, -0.1) is 0 Å². The first-order chi connectivity index (χ1) is 12.6. The molecule has 0 radical (unpaired) electrons.